The fraction of sp³-hybridized carbons (Fsp3) is 0.667. The summed E-state index contributed by atoms with van der Waals surface area (Å²) in [4.78, 5) is 11.8. The van der Waals surface area contributed by atoms with E-state index in [1.807, 2.05) is 6.54 Å². The van der Waals surface area contributed by atoms with Gasteiger partial charge in [0.05, 0.1) is 0 Å². The van der Waals surface area contributed by atoms with Crippen LogP contribution in [0, 0.1) is 6.54 Å². The van der Waals surface area contributed by atoms with Crippen LogP contribution < -0.4 is 29.6 Å². The molecule has 0 aromatic heterocycles. The molecule has 0 bridgehead atoms. The molecule has 1 heterocycles. The number of hydrogen-bond donors (Lipinski definition) is 0. The number of amides is 1. The van der Waals surface area contributed by atoms with Crippen molar-refractivity contribution in [3.8, 4) is 0 Å². The first-order chi connectivity index (χ1) is 3.93. The minimum absolute atomic E-state index is 0. The van der Waals surface area contributed by atoms with Gasteiger partial charge in [0.2, 0.25) is 0 Å². The van der Waals surface area contributed by atoms with E-state index in [1.165, 1.54) is 6.42 Å². The molecule has 1 saturated heterocycles. The van der Waals surface area contributed by atoms with Crippen molar-refractivity contribution in [2.75, 3.05) is 6.54 Å². The summed E-state index contributed by atoms with van der Waals surface area (Å²) in [7, 11) is 0. The summed E-state index contributed by atoms with van der Waals surface area (Å²) >= 11 is 0. The second kappa shape index (κ2) is 5.27. The van der Waals surface area contributed by atoms with E-state index in [2.05, 4.69) is 0 Å². The molecular weight excluding hydrogens is 125 g/mol. The number of carbonyl (C=O) groups is 1. The van der Waals surface area contributed by atoms with Crippen LogP contribution in [-0.2, 0) is 4.79 Å². The van der Waals surface area contributed by atoms with Crippen LogP contribution in [0.25, 0.3) is 0 Å². The van der Waals surface area contributed by atoms with Crippen LogP contribution >= 0.6 is 0 Å². The van der Waals surface area contributed by atoms with E-state index in [9.17, 15) is 4.79 Å². The number of likely N-dealkylation sites (tertiary alicyclic amines) is 1. The summed E-state index contributed by atoms with van der Waals surface area (Å²) in [6.45, 7) is 2.88. The van der Waals surface area contributed by atoms with Crippen LogP contribution in [0.3, 0.4) is 0 Å². The number of nitrogens with zero attached hydrogens (tertiary/aromatic N) is 1. The summed E-state index contributed by atoms with van der Waals surface area (Å²) in [5.41, 5.74) is 0. The van der Waals surface area contributed by atoms with E-state index < -0.39 is 0 Å². The molecule has 1 aliphatic rings. The van der Waals surface area contributed by atoms with Crippen LogP contribution in [0.5, 0.6) is 0 Å². The number of rotatable bonds is 1. The summed E-state index contributed by atoms with van der Waals surface area (Å²) in [5, 5.41) is 0. The minimum Gasteiger partial charge on any atom is -0.495 e. The Morgan fingerprint density at radius 2 is 2.22 bits per heavy atom. The quantitative estimate of drug-likeness (QED) is 0.227. The maximum Gasteiger partial charge on any atom is 1.00 e. The van der Waals surface area contributed by atoms with Gasteiger partial charge in [-0.1, -0.05) is 6.42 Å². The zero-order valence-corrected chi connectivity index (χ0v) is 7.84. The Hall–Kier alpha value is 0.470. The molecule has 0 aromatic rings. The molecule has 1 amide bonds. The summed E-state index contributed by atoms with van der Waals surface area (Å²) in [6.07, 6.45) is 4.36. The van der Waals surface area contributed by atoms with Gasteiger partial charge >= 0.3 is 29.6 Å². The standard InChI is InChI=1S/C6H10NO.Na/c8-6-7-4-2-1-3-5-7;/h4,6H,1-3,5H2;/q-1;+1. The molecule has 1 fully saturated rings. The monoisotopic (exact) mass is 135 g/mol. The fourth-order valence-corrected chi connectivity index (χ4v) is 0.883. The molecule has 1 rings (SSSR count). The van der Waals surface area contributed by atoms with E-state index in [4.69, 9.17) is 0 Å². The summed E-state index contributed by atoms with van der Waals surface area (Å²) < 4.78 is 0. The van der Waals surface area contributed by atoms with E-state index in [-0.39, 0.29) is 29.6 Å². The molecule has 0 N–H and O–H groups in total. The Bertz CT molecular complexity index is 81.1. The van der Waals surface area contributed by atoms with Crippen molar-refractivity contribution in [3.05, 3.63) is 6.54 Å². The van der Waals surface area contributed by atoms with Crippen molar-refractivity contribution in [1.29, 1.82) is 0 Å². The van der Waals surface area contributed by atoms with Gasteiger partial charge in [-0.2, -0.15) is 6.42 Å². The molecule has 0 radical (unpaired) electrons. The molecule has 0 aliphatic carbocycles. The molecule has 0 atom stereocenters. The molecule has 1 aliphatic heterocycles. The molecule has 0 unspecified atom stereocenters. The maximum absolute atomic E-state index is 10.1. The third kappa shape index (κ3) is 3.23. The first-order valence-electron chi connectivity index (χ1n) is 2.98. The van der Waals surface area contributed by atoms with Gasteiger partial charge in [0.25, 0.3) is 0 Å². The van der Waals surface area contributed by atoms with E-state index >= 15 is 0 Å². The van der Waals surface area contributed by atoms with Gasteiger partial charge < -0.3 is 4.90 Å². The number of carbonyl (C=O) groups excluding carboxylic acids is 1. The van der Waals surface area contributed by atoms with Crippen molar-refractivity contribution in [2.45, 2.75) is 19.3 Å². The summed E-state index contributed by atoms with van der Waals surface area (Å²) in [6, 6.07) is 0. The second-order valence-corrected chi connectivity index (χ2v) is 2.02. The minimum atomic E-state index is 0. The SMILES string of the molecule is O=CN1[CH-]CCCC1.[Na+]. The Labute approximate surface area is 77.9 Å². The van der Waals surface area contributed by atoms with Gasteiger partial charge in [-0.25, -0.2) is 6.54 Å². The molecule has 9 heavy (non-hydrogen) atoms. The molecule has 46 valence electrons. The van der Waals surface area contributed by atoms with Gasteiger partial charge in [-0.05, 0) is 13.0 Å². The first kappa shape index (κ1) is 9.47. The smallest absolute Gasteiger partial charge is 0.495 e. The van der Waals surface area contributed by atoms with Crippen LogP contribution in [0.4, 0.5) is 0 Å². The van der Waals surface area contributed by atoms with Gasteiger partial charge in [-0.3, -0.25) is 4.79 Å². The molecular formula is C6H10NNaO. The average molecular weight is 135 g/mol. The van der Waals surface area contributed by atoms with E-state index in [1.54, 1.807) is 4.90 Å². The van der Waals surface area contributed by atoms with Crippen molar-refractivity contribution in [3.63, 3.8) is 0 Å². The van der Waals surface area contributed by atoms with Gasteiger partial charge in [0.1, 0.15) is 0 Å². The van der Waals surface area contributed by atoms with Crippen LogP contribution in [0.1, 0.15) is 19.3 Å². The van der Waals surface area contributed by atoms with E-state index in [0.717, 1.165) is 25.8 Å². The number of hydrogen-bond acceptors (Lipinski definition) is 1. The summed E-state index contributed by atoms with van der Waals surface area (Å²) in [5.74, 6) is 0. The zero-order valence-electron chi connectivity index (χ0n) is 5.84. The Morgan fingerprint density at radius 3 is 2.56 bits per heavy atom. The van der Waals surface area contributed by atoms with E-state index in [0.29, 0.717) is 0 Å². The second-order valence-electron chi connectivity index (χ2n) is 2.02. The predicted octanol–water partition coefficient (Wildman–Crippen LogP) is -2.21. The normalized spacial score (nSPS) is 18.4. The Kier molecular flexibility index (Phi) is 5.55. The van der Waals surface area contributed by atoms with Crippen molar-refractivity contribution < 1.29 is 34.4 Å². The molecule has 0 spiro atoms. The van der Waals surface area contributed by atoms with Gasteiger partial charge in [-0.15, -0.1) is 0 Å². The molecule has 3 heteroatoms. The topological polar surface area (TPSA) is 20.3 Å². The maximum atomic E-state index is 10.1. The van der Waals surface area contributed by atoms with Gasteiger partial charge in [0.15, 0.2) is 6.41 Å². The van der Waals surface area contributed by atoms with Crippen LogP contribution in [0.2, 0.25) is 0 Å². The predicted molar refractivity (Wildman–Crippen MR) is 30.9 cm³/mol. The van der Waals surface area contributed by atoms with Crippen LogP contribution in [-0.4, -0.2) is 17.9 Å². The molecule has 0 aromatic carbocycles. The molecule has 2 nitrogen and oxygen atoms in total. The van der Waals surface area contributed by atoms with Crippen molar-refractivity contribution in [1.82, 2.24) is 4.90 Å². The fourth-order valence-electron chi connectivity index (χ4n) is 0.883. The van der Waals surface area contributed by atoms with Gasteiger partial charge in [0, 0.05) is 0 Å². The average Bonchev–Trinajstić information content (AvgIpc) is 1.90. The Balaban J connectivity index is 0.000000640. The molecule has 0 saturated carbocycles. The first-order valence-corrected chi connectivity index (χ1v) is 2.98. The Morgan fingerprint density at radius 1 is 1.44 bits per heavy atom. The zero-order chi connectivity index (χ0) is 5.82. The third-order valence-corrected chi connectivity index (χ3v) is 1.37. The van der Waals surface area contributed by atoms with Crippen molar-refractivity contribution in [2.24, 2.45) is 0 Å². The largest absolute Gasteiger partial charge is 1.00 e. The number of piperidine rings is 1. The van der Waals surface area contributed by atoms with Crippen LogP contribution in [0.15, 0.2) is 0 Å². The van der Waals surface area contributed by atoms with Crippen molar-refractivity contribution >= 4 is 6.41 Å². The third-order valence-electron chi connectivity index (χ3n) is 1.37.